The van der Waals surface area contributed by atoms with Crippen LogP contribution in [-0.2, 0) is 60.8 Å². The number of aromatic nitrogens is 1. The molecule has 0 unspecified atom stereocenters. The number of nitrogens with two attached hydrogens (primary N) is 4. The molecular weight excluding hydrogens is 1120 g/mol. The normalized spacial score (nSPS) is 14.9. The second kappa shape index (κ2) is 38.8. The number of nitrogens with one attached hydrogen (secondary N) is 10. The van der Waals surface area contributed by atoms with Gasteiger partial charge in [0.05, 0.1) is 6.54 Å². The molecule has 0 saturated heterocycles. The summed E-state index contributed by atoms with van der Waals surface area (Å²) < 4.78 is 0. The van der Waals surface area contributed by atoms with Crippen molar-refractivity contribution in [3.05, 3.63) is 71.9 Å². The van der Waals surface area contributed by atoms with Crippen molar-refractivity contribution >= 4 is 70.0 Å². The van der Waals surface area contributed by atoms with Gasteiger partial charge in [-0.25, -0.2) is 0 Å². The Morgan fingerprint density at radius 1 is 0.432 bits per heavy atom. The van der Waals surface area contributed by atoms with Crippen molar-refractivity contribution < 1.29 is 47.9 Å². The van der Waals surface area contributed by atoms with Crippen LogP contribution >= 0.6 is 0 Å². The zero-order chi connectivity index (χ0) is 65.6. The zero-order valence-corrected chi connectivity index (χ0v) is 53.6. The summed E-state index contributed by atoms with van der Waals surface area (Å²) >= 11 is 0. The van der Waals surface area contributed by atoms with Gasteiger partial charge in [0.15, 0.2) is 0 Å². The number of unbranched alkanes of at least 4 members (excludes halogenated alkanes) is 2. The molecule has 0 radical (unpaired) electrons. The van der Waals surface area contributed by atoms with Crippen LogP contribution in [0, 0.1) is 29.6 Å². The van der Waals surface area contributed by atoms with Crippen LogP contribution in [0.15, 0.2) is 60.8 Å². The van der Waals surface area contributed by atoms with Crippen molar-refractivity contribution in [1.29, 1.82) is 0 Å². The molecule has 0 aliphatic rings. The van der Waals surface area contributed by atoms with Gasteiger partial charge in [0.25, 0.3) is 0 Å². The van der Waals surface area contributed by atoms with E-state index >= 15 is 0 Å². The summed E-state index contributed by atoms with van der Waals surface area (Å²) in [4.78, 5) is 144. The third-order valence-corrected chi connectivity index (χ3v) is 15.2. The third kappa shape index (κ3) is 26.1. The molecule has 10 atom stereocenters. The molecule has 24 heteroatoms. The number of amides is 10. The quantitative estimate of drug-likeness (QED) is 0.0363. The average molecular weight is 1230 g/mol. The Hall–Kier alpha value is -7.44. The number of rotatable bonds is 41. The van der Waals surface area contributed by atoms with Crippen molar-refractivity contribution in [3.63, 3.8) is 0 Å². The third-order valence-electron chi connectivity index (χ3n) is 15.2. The molecule has 490 valence electrons. The van der Waals surface area contributed by atoms with E-state index in [1.807, 2.05) is 86.6 Å². The van der Waals surface area contributed by atoms with Gasteiger partial charge in [-0.05, 0) is 124 Å². The van der Waals surface area contributed by atoms with Gasteiger partial charge in [-0.2, -0.15) is 0 Å². The average Bonchev–Trinajstić information content (AvgIpc) is 2.56. The number of H-pyrrole nitrogens is 1. The Kier molecular flexibility index (Phi) is 32.9. The molecule has 10 amide bonds. The maximum absolute atomic E-state index is 14.9. The molecule has 3 rings (SSSR count). The monoisotopic (exact) mass is 1230 g/mol. The maximum Gasteiger partial charge on any atom is 0.243 e. The number of fused-ring (bicyclic) bond motifs is 1. The van der Waals surface area contributed by atoms with Crippen LogP contribution in [-0.4, -0.2) is 138 Å². The number of carbonyl (C=O) groups is 10. The number of para-hydroxylation sites is 1. The molecule has 1 heterocycles. The number of hydrogen-bond acceptors (Lipinski definition) is 13. The van der Waals surface area contributed by atoms with Gasteiger partial charge >= 0.3 is 0 Å². The van der Waals surface area contributed by atoms with Crippen LogP contribution in [0.5, 0.6) is 0 Å². The van der Waals surface area contributed by atoms with Gasteiger partial charge in [-0.1, -0.05) is 124 Å². The number of primary amides is 1. The Morgan fingerprint density at radius 3 is 1.28 bits per heavy atom. The molecule has 88 heavy (non-hydrogen) atoms. The lowest BCUT2D eigenvalue weighted by Gasteiger charge is -2.30. The van der Waals surface area contributed by atoms with E-state index in [2.05, 4.69) is 52.8 Å². The van der Waals surface area contributed by atoms with Crippen LogP contribution in [0.1, 0.15) is 151 Å². The molecule has 0 aliphatic heterocycles. The first-order chi connectivity index (χ1) is 41.7. The highest BCUT2D eigenvalue weighted by molar-refractivity contribution is 5.99. The van der Waals surface area contributed by atoms with Gasteiger partial charge in [0.1, 0.15) is 54.4 Å². The van der Waals surface area contributed by atoms with E-state index in [1.54, 1.807) is 43.5 Å². The van der Waals surface area contributed by atoms with Crippen molar-refractivity contribution in [2.75, 3.05) is 19.6 Å². The molecule has 1 aromatic heterocycles. The van der Waals surface area contributed by atoms with Crippen LogP contribution in [0.3, 0.4) is 0 Å². The van der Waals surface area contributed by atoms with E-state index in [1.165, 1.54) is 0 Å². The molecule has 18 N–H and O–H groups in total. The van der Waals surface area contributed by atoms with E-state index < -0.39 is 119 Å². The second-order valence-corrected chi connectivity index (χ2v) is 24.9. The first-order valence-corrected chi connectivity index (χ1v) is 31.4. The summed E-state index contributed by atoms with van der Waals surface area (Å²) in [6.45, 7) is 18.8. The largest absolute Gasteiger partial charge is 0.368 e. The molecule has 3 aromatic rings. The topological polar surface area (TPSA) is 399 Å². The van der Waals surface area contributed by atoms with Gasteiger partial charge in [-0.3, -0.25) is 47.9 Å². The molecule has 0 fully saturated rings. The standard InChI is InChI=1S/C64H104N14O10/c1-11-41(10)55(78-63(87)52(33-42-21-13-12-14-22-42)76-57(81)46(25-17-19-27-65)71-60(84)50(31-39(6)7)74-59(83)49(30-38(4)5)70-54(79)35-67)64(88)72-47(26-18-20-28-66)58(82)77-53(34-43-36-69-45-24-16-15-23-44(43)45)62(86)75-51(32-40(8)9)61(85)73-48(56(68)80)29-37(2)3/h12-16,21-24,36-41,46-53,55,69H,11,17-20,25-35,65-67H2,1-10H3,(H2,68,80)(H,70,79)(H,71,84)(H,72,88)(H,73,85)(H,74,83)(H,75,86)(H,76,81)(H,77,82)(H,78,87)/t41-,46-,47-,48-,49-,50-,51-,52-,53-,55-/m0/s1. The molecule has 0 saturated carbocycles. The fourth-order valence-electron chi connectivity index (χ4n) is 10.2. The SMILES string of the molecule is CC[C@H](C)[C@H](NC(=O)[C@H](Cc1ccccc1)NC(=O)[C@H](CCCCN)NC(=O)[C@H](CC(C)C)NC(=O)[C@H](CC(C)C)NC(=O)CN)C(=O)N[C@@H](CCCCN)C(=O)N[C@@H](Cc1c[nH]c2ccccc12)C(=O)N[C@@H](CC(C)C)C(=O)N[C@@H](CC(C)C)C(N)=O. The van der Waals surface area contributed by atoms with Crippen LogP contribution < -0.4 is 70.8 Å². The van der Waals surface area contributed by atoms with E-state index in [0.29, 0.717) is 49.8 Å². The maximum atomic E-state index is 14.9. The van der Waals surface area contributed by atoms with Gasteiger partial charge in [0.2, 0.25) is 59.1 Å². The Balaban J connectivity index is 2.03. The zero-order valence-electron chi connectivity index (χ0n) is 53.6. The summed E-state index contributed by atoms with van der Waals surface area (Å²) in [5.74, 6) is -7.47. The summed E-state index contributed by atoms with van der Waals surface area (Å²) in [7, 11) is 0. The fraction of sp³-hybridized carbons (Fsp3) is 0.625. The van der Waals surface area contributed by atoms with Crippen molar-refractivity contribution in [2.24, 2.45) is 52.5 Å². The van der Waals surface area contributed by atoms with Crippen LogP contribution in [0.25, 0.3) is 10.9 Å². The molecule has 0 spiro atoms. The Labute approximate surface area is 520 Å². The fourth-order valence-corrected chi connectivity index (χ4v) is 10.2. The first-order valence-electron chi connectivity index (χ1n) is 31.4. The Bertz CT molecular complexity index is 2720. The smallest absolute Gasteiger partial charge is 0.243 e. The van der Waals surface area contributed by atoms with E-state index in [0.717, 1.165) is 10.9 Å². The van der Waals surface area contributed by atoms with Gasteiger partial charge in [-0.15, -0.1) is 0 Å². The minimum Gasteiger partial charge on any atom is -0.368 e. The highest BCUT2D eigenvalue weighted by atomic mass is 16.2. The van der Waals surface area contributed by atoms with E-state index in [-0.39, 0.29) is 88.1 Å². The molecule has 0 aliphatic carbocycles. The summed E-state index contributed by atoms with van der Waals surface area (Å²) in [5.41, 5.74) is 25.1. The molecule has 24 nitrogen and oxygen atoms in total. The second-order valence-electron chi connectivity index (χ2n) is 24.9. The van der Waals surface area contributed by atoms with E-state index in [4.69, 9.17) is 22.9 Å². The van der Waals surface area contributed by atoms with Crippen LogP contribution in [0.4, 0.5) is 0 Å². The minimum atomic E-state index is -1.32. The number of aromatic amines is 1. The molecule has 2 aromatic carbocycles. The summed E-state index contributed by atoms with van der Waals surface area (Å²) in [6, 6.07) is 5.70. The van der Waals surface area contributed by atoms with Crippen LogP contribution in [0.2, 0.25) is 0 Å². The lowest BCUT2D eigenvalue weighted by molar-refractivity contribution is -0.136. The number of benzene rings is 2. The molecular formula is C64H104N14O10. The summed E-state index contributed by atoms with van der Waals surface area (Å²) in [6.07, 6.45) is 4.90. The summed E-state index contributed by atoms with van der Waals surface area (Å²) in [5, 5.41) is 26.1. The van der Waals surface area contributed by atoms with Gasteiger partial charge < -0.3 is 75.8 Å². The lowest BCUT2D eigenvalue weighted by Crippen LogP contribution is -2.61. The van der Waals surface area contributed by atoms with Crippen molar-refractivity contribution in [3.8, 4) is 0 Å². The highest BCUT2D eigenvalue weighted by Gasteiger charge is 2.37. The highest BCUT2D eigenvalue weighted by Crippen LogP contribution is 2.21. The minimum absolute atomic E-state index is 0.00551. The number of hydrogen-bond donors (Lipinski definition) is 14. The van der Waals surface area contributed by atoms with Crippen molar-refractivity contribution in [1.82, 2.24) is 52.8 Å². The van der Waals surface area contributed by atoms with Crippen molar-refractivity contribution in [2.45, 2.75) is 207 Å². The van der Waals surface area contributed by atoms with E-state index in [9.17, 15) is 47.9 Å². The van der Waals surface area contributed by atoms with Gasteiger partial charge in [0, 0.05) is 29.9 Å². The Morgan fingerprint density at radius 2 is 0.818 bits per heavy atom. The predicted molar refractivity (Wildman–Crippen MR) is 341 cm³/mol. The molecule has 0 bridgehead atoms. The first kappa shape index (κ1) is 74.8. The number of carbonyl (C=O) groups excluding carboxylic acids is 10. The lowest BCUT2D eigenvalue weighted by atomic mass is 9.96. The predicted octanol–water partition coefficient (Wildman–Crippen LogP) is 2.25.